The Morgan fingerprint density at radius 1 is 1.00 bits per heavy atom. The molecular formula is C25H29N3O4S. The molecule has 0 bridgehead atoms. The van der Waals surface area contributed by atoms with Crippen molar-refractivity contribution < 1.29 is 18.9 Å². The van der Waals surface area contributed by atoms with Gasteiger partial charge in [-0.1, -0.05) is 18.2 Å². The van der Waals surface area contributed by atoms with Gasteiger partial charge in [0, 0.05) is 23.1 Å². The van der Waals surface area contributed by atoms with E-state index in [1.54, 1.807) is 34.5 Å². The van der Waals surface area contributed by atoms with E-state index in [2.05, 4.69) is 11.6 Å². The normalized spacial score (nSPS) is 11.9. The van der Waals surface area contributed by atoms with E-state index in [9.17, 15) is 0 Å². The molecule has 7 nitrogen and oxygen atoms in total. The third-order valence-electron chi connectivity index (χ3n) is 4.89. The molecule has 0 atom stereocenters. The van der Waals surface area contributed by atoms with Crippen molar-refractivity contribution in [1.29, 1.82) is 0 Å². The van der Waals surface area contributed by atoms with E-state index in [0.29, 0.717) is 30.2 Å². The van der Waals surface area contributed by atoms with Crippen molar-refractivity contribution in [3.8, 4) is 34.3 Å². The number of aromatic nitrogens is 1. The van der Waals surface area contributed by atoms with Crippen molar-refractivity contribution in [2.75, 3.05) is 35.0 Å². The molecule has 1 heterocycles. The minimum Gasteiger partial charge on any atom is -0.497 e. The van der Waals surface area contributed by atoms with Gasteiger partial charge in [0.1, 0.15) is 5.75 Å². The Morgan fingerprint density at radius 3 is 2.21 bits per heavy atom. The van der Waals surface area contributed by atoms with Crippen LogP contribution in [0.3, 0.4) is 0 Å². The van der Waals surface area contributed by atoms with Gasteiger partial charge in [0.15, 0.2) is 11.5 Å². The van der Waals surface area contributed by atoms with Gasteiger partial charge >= 0.3 is 0 Å². The van der Waals surface area contributed by atoms with E-state index in [0.717, 1.165) is 33.1 Å². The first-order valence-corrected chi connectivity index (χ1v) is 11.2. The van der Waals surface area contributed by atoms with E-state index < -0.39 is 0 Å². The number of hydrogen-bond acceptors (Lipinski definition) is 7. The van der Waals surface area contributed by atoms with Crippen LogP contribution in [-0.2, 0) is 6.42 Å². The van der Waals surface area contributed by atoms with Crippen molar-refractivity contribution >= 4 is 17.0 Å². The number of methoxy groups -OCH3 is 4. The predicted molar refractivity (Wildman–Crippen MR) is 133 cm³/mol. The number of benzene rings is 2. The van der Waals surface area contributed by atoms with Crippen LogP contribution in [0.15, 0.2) is 64.5 Å². The smallest absolute Gasteiger partial charge is 0.206 e. The van der Waals surface area contributed by atoms with E-state index >= 15 is 0 Å². The van der Waals surface area contributed by atoms with Gasteiger partial charge in [0.2, 0.25) is 10.6 Å². The standard InChI is InChI=1S/C25H29N3O4S/c1-7-12-26-25-28(27-17(2)13-18-8-10-20(29-3)11-9-18)21(16-33-25)19-14-22(30-4)24(32-6)23(15-19)31-5/h7-11,14-16H,1,12-13H2,2-6H3. The molecule has 3 rings (SSSR count). The lowest BCUT2D eigenvalue weighted by Crippen LogP contribution is -2.15. The maximum absolute atomic E-state index is 5.54. The van der Waals surface area contributed by atoms with Crippen LogP contribution in [0, 0.1) is 0 Å². The van der Waals surface area contributed by atoms with Crippen molar-refractivity contribution in [1.82, 2.24) is 4.68 Å². The van der Waals surface area contributed by atoms with Crippen molar-refractivity contribution in [3.05, 3.63) is 64.8 Å². The second-order valence-corrected chi connectivity index (χ2v) is 7.96. The zero-order valence-corrected chi connectivity index (χ0v) is 20.4. The van der Waals surface area contributed by atoms with E-state index in [1.807, 2.05) is 53.4 Å². The van der Waals surface area contributed by atoms with Crippen LogP contribution < -0.4 is 23.7 Å². The first kappa shape index (κ1) is 24.1. The number of rotatable bonds is 10. The minimum absolute atomic E-state index is 0.502. The third kappa shape index (κ3) is 5.64. The van der Waals surface area contributed by atoms with Gasteiger partial charge in [0.25, 0.3) is 0 Å². The molecule has 33 heavy (non-hydrogen) atoms. The van der Waals surface area contributed by atoms with Crippen LogP contribution in [0.25, 0.3) is 11.3 Å². The molecule has 1 aromatic heterocycles. The second kappa shape index (κ2) is 11.4. The van der Waals surface area contributed by atoms with Crippen molar-refractivity contribution in [2.45, 2.75) is 13.3 Å². The van der Waals surface area contributed by atoms with Crippen LogP contribution in [0.4, 0.5) is 0 Å². The van der Waals surface area contributed by atoms with Crippen molar-refractivity contribution in [3.63, 3.8) is 0 Å². The fourth-order valence-electron chi connectivity index (χ4n) is 3.32. The molecule has 174 valence electrons. The first-order chi connectivity index (χ1) is 16.0. The molecule has 8 heteroatoms. The number of nitrogens with zero attached hydrogens (tertiary/aromatic N) is 3. The first-order valence-electron chi connectivity index (χ1n) is 10.3. The SMILES string of the molecule is C=CCN=c1scc(-c2cc(OC)c(OC)c(OC)c2)n1N=C(C)Cc1ccc(OC)cc1. The van der Waals surface area contributed by atoms with Gasteiger partial charge in [-0.05, 0) is 36.8 Å². The summed E-state index contributed by atoms with van der Waals surface area (Å²) in [5.74, 6) is 2.53. The summed E-state index contributed by atoms with van der Waals surface area (Å²) in [6.07, 6.45) is 2.46. The Kier molecular flexibility index (Phi) is 8.32. The van der Waals surface area contributed by atoms with Crippen LogP contribution in [0.2, 0.25) is 0 Å². The van der Waals surface area contributed by atoms with Gasteiger partial charge in [-0.25, -0.2) is 4.68 Å². The Labute approximate surface area is 198 Å². The van der Waals surface area contributed by atoms with E-state index in [4.69, 9.17) is 24.0 Å². The van der Waals surface area contributed by atoms with Crippen LogP contribution in [0.1, 0.15) is 12.5 Å². The maximum Gasteiger partial charge on any atom is 0.206 e. The summed E-state index contributed by atoms with van der Waals surface area (Å²) < 4.78 is 23.6. The molecule has 0 aliphatic carbocycles. The average molecular weight is 468 g/mol. The van der Waals surface area contributed by atoms with Gasteiger partial charge in [-0.15, -0.1) is 17.9 Å². The Hall–Kier alpha value is -3.52. The highest BCUT2D eigenvalue weighted by Gasteiger charge is 2.17. The molecule has 0 saturated heterocycles. The lowest BCUT2D eigenvalue weighted by molar-refractivity contribution is 0.324. The Morgan fingerprint density at radius 2 is 1.67 bits per heavy atom. The van der Waals surface area contributed by atoms with Crippen molar-refractivity contribution in [2.24, 2.45) is 10.1 Å². The molecule has 0 radical (unpaired) electrons. The topological polar surface area (TPSA) is 66.6 Å². The van der Waals surface area contributed by atoms with Gasteiger partial charge < -0.3 is 18.9 Å². The van der Waals surface area contributed by atoms with E-state index in [1.165, 1.54) is 11.3 Å². The predicted octanol–water partition coefficient (Wildman–Crippen LogP) is 4.80. The number of ether oxygens (including phenoxy) is 4. The summed E-state index contributed by atoms with van der Waals surface area (Å²) in [6.45, 7) is 6.28. The minimum atomic E-state index is 0.502. The second-order valence-electron chi connectivity index (χ2n) is 7.12. The van der Waals surface area contributed by atoms with Gasteiger partial charge in [-0.3, -0.25) is 4.99 Å². The molecule has 0 saturated carbocycles. The summed E-state index contributed by atoms with van der Waals surface area (Å²) in [7, 11) is 6.45. The zero-order valence-electron chi connectivity index (χ0n) is 19.6. The molecule has 2 aromatic carbocycles. The van der Waals surface area contributed by atoms with Crippen LogP contribution in [0.5, 0.6) is 23.0 Å². The summed E-state index contributed by atoms with van der Waals surface area (Å²) in [5, 5.41) is 6.93. The molecule has 0 N–H and O–H groups in total. The molecule has 0 unspecified atom stereocenters. The summed E-state index contributed by atoms with van der Waals surface area (Å²) in [5.41, 5.74) is 3.83. The summed E-state index contributed by atoms with van der Waals surface area (Å²) in [4.78, 5) is 5.40. The highest BCUT2D eigenvalue weighted by molar-refractivity contribution is 7.07. The fourth-order valence-corrected chi connectivity index (χ4v) is 4.16. The van der Waals surface area contributed by atoms with Crippen LogP contribution >= 0.6 is 11.3 Å². The summed E-state index contributed by atoms with van der Waals surface area (Å²) >= 11 is 1.51. The maximum atomic E-state index is 5.54. The summed E-state index contributed by atoms with van der Waals surface area (Å²) in [6, 6.07) is 11.8. The monoisotopic (exact) mass is 467 g/mol. The highest BCUT2D eigenvalue weighted by atomic mass is 32.1. The van der Waals surface area contributed by atoms with E-state index in [-0.39, 0.29) is 0 Å². The van der Waals surface area contributed by atoms with Crippen LogP contribution in [-0.4, -0.2) is 45.4 Å². The van der Waals surface area contributed by atoms with Gasteiger partial charge in [-0.2, -0.15) is 5.10 Å². The fraction of sp³-hybridized carbons (Fsp3) is 0.280. The molecule has 0 aliphatic rings. The molecule has 0 amide bonds. The largest absolute Gasteiger partial charge is 0.497 e. The Balaban J connectivity index is 2.08. The molecule has 3 aromatic rings. The number of hydrogen-bond donors (Lipinski definition) is 0. The lowest BCUT2D eigenvalue weighted by Gasteiger charge is -2.14. The molecule has 0 fully saturated rings. The zero-order chi connectivity index (χ0) is 23.8. The lowest BCUT2D eigenvalue weighted by atomic mass is 10.1. The molecular weight excluding hydrogens is 438 g/mol. The molecule has 0 aliphatic heterocycles. The van der Waals surface area contributed by atoms with Gasteiger partial charge in [0.05, 0.1) is 40.7 Å². The number of thiazole rings is 1. The quantitative estimate of drug-likeness (QED) is 0.317. The molecule has 0 spiro atoms. The third-order valence-corrected chi connectivity index (χ3v) is 5.75. The highest BCUT2D eigenvalue weighted by Crippen LogP contribution is 2.41. The Bertz CT molecular complexity index is 1170. The average Bonchev–Trinajstić information content (AvgIpc) is 3.24.